The Morgan fingerprint density at radius 1 is 0.237 bits per heavy atom. The molecule has 0 aliphatic carbocycles. The zero-order chi connectivity index (χ0) is 52.4. The summed E-state index contributed by atoms with van der Waals surface area (Å²) in [4.78, 5) is 4.74. The molecule has 2 aliphatic heterocycles. The van der Waals surface area contributed by atoms with E-state index in [2.05, 4.69) is 234 Å². The number of para-hydroxylation sites is 5. The molecule has 0 saturated heterocycles. The maximum atomic E-state index is 7.07. The maximum Gasteiger partial charge on any atom is 0.159 e. The molecule has 0 N–H and O–H groups in total. The van der Waals surface area contributed by atoms with Crippen molar-refractivity contribution in [2.75, 3.05) is 9.80 Å². The highest BCUT2D eigenvalue weighted by atomic mass is 16.5. The zero-order valence-corrected chi connectivity index (χ0v) is 42.9. The summed E-state index contributed by atoms with van der Waals surface area (Å²) in [5.41, 5.74) is 17.7. The Morgan fingerprint density at radius 2 is 0.725 bits per heavy atom. The Hall–Kier alpha value is -10.8. The van der Waals surface area contributed by atoms with Crippen molar-refractivity contribution in [1.29, 1.82) is 0 Å². The average Bonchev–Trinajstić information content (AvgIpc) is 4.25. The second kappa shape index (κ2) is 17.3. The fourth-order valence-electron chi connectivity index (χ4n) is 12.6. The molecule has 0 spiro atoms. The fourth-order valence-corrected chi connectivity index (χ4v) is 12.6. The summed E-state index contributed by atoms with van der Waals surface area (Å²) in [5.74, 6) is 3.36. The van der Waals surface area contributed by atoms with Gasteiger partial charge in [-0.05, 0) is 124 Å². The van der Waals surface area contributed by atoms with Crippen molar-refractivity contribution in [2.24, 2.45) is 0 Å². The second-order valence-electron chi connectivity index (χ2n) is 20.7. The van der Waals surface area contributed by atoms with Crippen molar-refractivity contribution in [3.05, 3.63) is 267 Å². The monoisotopic (exact) mass is 1020 g/mol. The number of hydrogen-bond acceptors (Lipinski definition) is 6. The lowest BCUT2D eigenvalue weighted by Gasteiger charge is -2.30. The molecule has 0 amide bonds. The van der Waals surface area contributed by atoms with Crippen LogP contribution in [0.15, 0.2) is 276 Å². The number of furan rings is 2. The number of anilines is 6. The number of ether oxygens (including phenoxy) is 2. The topological polar surface area (TPSA) is 51.2 Å². The molecular formula is C74H44N2O4. The van der Waals surface area contributed by atoms with Crippen LogP contribution < -0.4 is 19.3 Å². The largest absolute Gasteiger partial charge is 0.456 e. The summed E-state index contributed by atoms with van der Waals surface area (Å²) in [6.07, 6.45) is 0. The molecule has 0 atom stereocenters. The summed E-state index contributed by atoms with van der Waals surface area (Å²) in [5, 5.41) is 8.41. The van der Waals surface area contributed by atoms with Gasteiger partial charge < -0.3 is 28.1 Å². The van der Waals surface area contributed by atoms with E-state index in [1.54, 1.807) is 0 Å². The van der Waals surface area contributed by atoms with Crippen LogP contribution in [0.4, 0.5) is 34.1 Å². The average molecular weight is 1030 g/mol. The predicted octanol–water partition coefficient (Wildman–Crippen LogP) is 21.6. The van der Waals surface area contributed by atoms with Gasteiger partial charge in [0.25, 0.3) is 0 Å². The fraction of sp³-hybridized carbons (Fsp3) is 0. The van der Waals surface area contributed by atoms with E-state index in [0.29, 0.717) is 0 Å². The van der Waals surface area contributed by atoms with Crippen LogP contribution >= 0.6 is 0 Å². The van der Waals surface area contributed by atoms with Gasteiger partial charge in [-0.2, -0.15) is 0 Å². The van der Waals surface area contributed by atoms with Crippen molar-refractivity contribution in [2.45, 2.75) is 0 Å². The van der Waals surface area contributed by atoms with Gasteiger partial charge in [0.2, 0.25) is 0 Å². The van der Waals surface area contributed by atoms with E-state index < -0.39 is 0 Å². The first kappa shape index (κ1) is 44.3. The molecule has 0 fully saturated rings. The molecule has 374 valence electrons. The van der Waals surface area contributed by atoms with Crippen molar-refractivity contribution in [3.63, 3.8) is 0 Å². The molecule has 80 heavy (non-hydrogen) atoms. The highest BCUT2D eigenvalue weighted by Crippen LogP contribution is 2.55. The maximum absolute atomic E-state index is 7.07. The van der Waals surface area contributed by atoms with Crippen LogP contribution in [0, 0.1) is 0 Å². The van der Waals surface area contributed by atoms with E-state index in [0.717, 1.165) is 167 Å². The molecule has 2 aromatic heterocycles. The number of benzene rings is 13. The van der Waals surface area contributed by atoms with Crippen molar-refractivity contribution < 1.29 is 18.3 Å². The smallest absolute Gasteiger partial charge is 0.159 e. The molecule has 0 radical (unpaired) electrons. The van der Waals surface area contributed by atoms with Gasteiger partial charge in [-0.15, -0.1) is 0 Å². The minimum atomic E-state index is 0.783. The van der Waals surface area contributed by atoms with Gasteiger partial charge in [-0.25, -0.2) is 0 Å². The first-order valence-electron chi connectivity index (χ1n) is 27.0. The molecule has 0 bridgehead atoms. The van der Waals surface area contributed by atoms with Gasteiger partial charge in [-0.1, -0.05) is 176 Å². The third-order valence-electron chi connectivity index (χ3n) is 16.2. The molecule has 4 heterocycles. The van der Waals surface area contributed by atoms with E-state index in [1.807, 2.05) is 42.5 Å². The predicted molar refractivity (Wildman–Crippen MR) is 327 cm³/mol. The Balaban J connectivity index is 0.907. The van der Waals surface area contributed by atoms with Crippen molar-refractivity contribution >= 4 is 99.5 Å². The standard InChI is InChI=1S/C74H44N2O4/c1-2-16-45(17-3-1)46-34-36-49(37-35-46)75(61-40-38-55-51-20-4-8-28-65(51)77-69-32-14-25-58(61)71(55)69)64-44-48(43-60-54-23-7-11-31-68(54)80-74(60)64)47-18-12-19-50(42-47)76(63-27-13-24-57-53-22-6-10-30-67(53)79-73(57)63)62-41-39-56-52-21-5-9-29-66(52)78-70-33-15-26-59(62)72(56)70/h1-44H. The van der Waals surface area contributed by atoms with E-state index in [-0.39, 0.29) is 0 Å². The van der Waals surface area contributed by atoms with E-state index in [9.17, 15) is 0 Å². The first-order valence-corrected chi connectivity index (χ1v) is 27.0. The van der Waals surface area contributed by atoms with Crippen LogP contribution in [0.5, 0.6) is 23.0 Å². The highest BCUT2D eigenvalue weighted by Gasteiger charge is 2.29. The SMILES string of the molecule is c1ccc(-c2ccc(N(c3ccc4c5c(cccc35)Oc3ccccc3-4)c3cc(-c4cccc(N(c5ccc6c7c(cccc57)Oc5ccccc5-6)c5cccc6c5oc5ccccc56)c4)cc4c3oc3ccccc34)cc2)cc1. The molecule has 6 heteroatoms. The lowest BCUT2D eigenvalue weighted by molar-refractivity contribution is 0.487. The summed E-state index contributed by atoms with van der Waals surface area (Å²) < 4.78 is 27.3. The Labute approximate surface area is 459 Å². The van der Waals surface area contributed by atoms with Crippen molar-refractivity contribution in [1.82, 2.24) is 0 Å². The molecule has 17 rings (SSSR count). The molecule has 13 aromatic carbocycles. The third kappa shape index (κ3) is 6.72. The van der Waals surface area contributed by atoms with Crippen molar-refractivity contribution in [3.8, 4) is 67.5 Å². The third-order valence-corrected chi connectivity index (χ3v) is 16.2. The Morgan fingerprint density at radius 3 is 1.39 bits per heavy atom. The summed E-state index contributed by atoms with van der Waals surface area (Å²) in [6, 6.07) is 94.4. The van der Waals surface area contributed by atoms with Crippen LogP contribution in [-0.2, 0) is 0 Å². The number of hydrogen-bond donors (Lipinski definition) is 0. The van der Waals surface area contributed by atoms with Gasteiger partial charge in [0, 0.05) is 65.6 Å². The molecule has 0 unspecified atom stereocenters. The lowest BCUT2D eigenvalue weighted by Crippen LogP contribution is -2.12. The first-order chi connectivity index (χ1) is 39.7. The van der Waals surface area contributed by atoms with E-state index in [4.69, 9.17) is 18.3 Å². The van der Waals surface area contributed by atoms with Crippen LogP contribution in [-0.4, -0.2) is 0 Å². The minimum Gasteiger partial charge on any atom is -0.456 e. The van der Waals surface area contributed by atoms with Crippen LogP contribution in [0.25, 0.3) is 110 Å². The van der Waals surface area contributed by atoms with E-state index >= 15 is 0 Å². The summed E-state index contributed by atoms with van der Waals surface area (Å²) in [7, 11) is 0. The van der Waals surface area contributed by atoms with Gasteiger partial charge in [0.15, 0.2) is 11.2 Å². The summed E-state index contributed by atoms with van der Waals surface area (Å²) in [6.45, 7) is 0. The van der Waals surface area contributed by atoms with Crippen LogP contribution in [0.1, 0.15) is 0 Å². The molecule has 2 aliphatic rings. The number of fused-ring (bicyclic) bond motifs is 10. The molecular weight excluding hydrogens is 981 g/mol. The minimum absolute atomic E-state index is 0.783. The second-order valence-corrected chi connectivity index (χ2v) is 20.7. The normalized spacial score (nSPS) is 12.2. The Kier molecular flexibility index (Phi) is 9.61. The van der Waals surface area contributed by atoms with Gasteiger partial charge in [0.1, 0.15) is 34.2 Å². The Bertz CT molecular complexity index is 5040. The van der Waals surface area contributed by atoms with Gasteiger partial charge in [0.05, 0.1) is 22.7 Å². The van der Waals surface area contributed by atoms with Crippen LogP contribution in [0.3, 0.4) is 0 Å². The molecule has 15 aromatic rings. The highest BCUT2D eigenvalue weighted by molar-refractivity contribution is 6.17. The quantitative estimate of drug-likeness (QED) is 0.151. The molecule has 6 nitrogen and oxygen atoms in total. The van der Waals surface area contributed by atoms with Crippen LogP contribution in [0.2, 0.25) is 0 Å². The summed E-state index contributed by atoms with van der Waals surface area (Å²) >= 11 is 0. The van der Waals surface area contributed by atoms with Gasteiger partial charge in [-0.3, -0.25) is 0 Å². The number of rotatable bonds is 8. The lowest BCUT2D eigenvalue weighted by atomic mass is 9.93. The molecule has 0 saturated carbocycles. The number of nitrogens with zero attached hydrogens (tertiary/aromatic N) is 2. The van der Waals surface area contributed by atoms with E-state index in [1.165, 1.54) is 0 Å². The van der Waals surface area contributed by atoms with Gasteiger partial charge >= 0.3 is 0 Å². The zero-order valence-electron chi connectivity index (χ0n) is 42.9.